The minimum absolute atomic E-state index is 0.232. The van der Waals surface area contributed by atoms with E-state index in [1.54, 1.807) is 24.1 Å². The van der Waals surface area contributed by atoms with E-state index in [9.17, 15) is 14.3 Å². The Hall–Kier alpha value is -2.20. The maximum atomic E-state index is 14.5. The minimum atomic E-state index is -0.575. The average molecular weight is 385 g/mol. The topological polar surface area (TPSA) is 65.5 Å². The summed E-state index contributed by atoms with van der Waals surface area (Å²) in [7, 11) is 1.59. The van der Waals surface area contributed by atoms with Crippen molar-refractivity contribution in [2.75, 3.05) is 43.1 Å². The molecule has 1 atom stereocenters. The number of carbonyl (C=O) groups is 1. The van der Waals surface area contributed by atoms with Crippen molar-refractivity contribution in [2.45, 2.75) is 6.10 Å². The van der Waals surface area contributed by atoms with Crippen LogP contribution in [-0.4, -0.2) is 65.8 Å². The SMILES string of the molecule is CN(C[C@@H]1CN(c2ccc(N3CCOC3=S)c(F)c2)C(=O)O1)C(O)=S. The summed E-state index contributed by atoms with van der Waals surface area (Å²) in [5, 5.41) is 9.20. The van der Waals surface area contributed by atoms with Crippen molar-refractivity contribution < 1.29 is 23.8 Å². The van der Waals surface area contributed by atoms with Gasteiger partial charge in [0.15, 0.2) is 0 Å². The second-order valence-electron chi connectivity index (χ2n) is 5.68. The number of cyclic esters (lactones) is 1. The van der Waals surface area contributed by atoms with Gasteiger partial charge in [-0.1, -0.05) is 0 Å². The highest BCUT2D eigenvalue weighted by molar-refractivity contribution is 7.80. The molecule has 2 saturated heterocycles. The first-order valence-electron chi connectivity index (χ1n) is 7.53. The van der Waals surface area contributed by atoms with Crippen LogP contribution in [0.4, 0.5) is 20.6 Å². The lowest BCUT2D eigenvalue weighted by Gasteiger charge is -2.19. The fraction of sp³-hybridized carbons (Fsp3) is 0.400. The zero-order valence-electron chi connectivity index (χ0n) is 13.3. The fourth-order valence-corrected chi connectivity index (χ4v) is 3.05. The van der Waals surface area contributed by atoms with E-state index in [1.165, 1.54) is 15.9 Å². The molecule has 0 saturated carbocycles. The predicted molar refractivity (Wildman–Crippen MR) is 97.8 cm³/mol. The first kappa shape index (κ1) is 17.6. The van der Waals surface area contributed by atoms with Crippen molar-refractivity contribution in [3.63, 3.8) is 0 Å². The molecule has 0 bridgehead atoms. The third-order valence-electron chi connectivity index (χ3n) is 3.97. The fourth-order valence-electron chi connectivity index (χ4n) is 2.71. The number of aliphatic hydroxyl groups excluding tert-OH is 1. The highest BCUT2D eigenvalue weighted by atomic mass is 32.1. The quantitative estimate of drug-likeness (QED) is 0.790. The lowest BCUT2D eigenvalue weighted by atomic mass is 10.2. The van der Waals surface area contributed by atoms with Gasteiger partial charge in [-0.2, -0.15) is 0 Å². The van der Waals surface area contributed by atoms with Crippen LogP contribution in [0.1, 0.15) is 0 Å². The molecule has 2 aliphatic rings. The van der Waals surface area contributed by atoms with Gasteiger partial charge < -0.3 is 19.5 Å². The number of likely N-dealkylation sites (N-methyl/N-ethyl adjacent to an activating group) is 1. The van der Waals surface area contributed by atoms with E-state index in [-0.39, 0.29) is 23.4 Å². The minimum Gasteiger partial charge on any atom is -0.487 e. The number of halogens is 1. The number of hydrogen-bond donors (Lipinski definition) is 1. The number of hydrogen-bond acceptors (Lipinski definition) is 5. The van der Waals surface area contributed by atoms with Crippen LogP contribution in [0, 0.1) is 5.82 Å². The van der Waals surface area contributed by atoms with Crippen LogP contribution in [0.3, 0.4) is 0 Å². The molecule has 1 aromatic rings. The van der Waals surface area contributed by atoms with Gasteiger partial charge in [-0.3, -0.25) is 9.80 Å². The van der Waals surface area contributed by atoms with E-state index < -0.39 is 18.0 Å². The van der Waals surface area contributed by atoms with Crippen molar-refractivity contribution in [3.8, 4) is 0 Å². The van der Waals surface area contributed by atoms with E-state index >= 15 is 0 Å². The molecule has 1 aromatic carbocycles. The number of carbonyl (C=O) groups excluding carboxylic acids is 1. The molecule has 2 aliphatic heterocycles. The molecule has 10 heteroatoms. The summed E-state index contributed by atoms with van der Waals surface area (Å²) in [6, 6.07) is 4.45. The number of anilines is 2. The van der Waals surface area contributed by atoms with Crippen LogP contribution < -0.4 is 9.80 Å². The Morgan fingerprint density at radius 2 is 2.24 bits per heavy atom. The first-order chi connectivity index (χ1) is 11.9. The summed E-state index contributed by atoms with van der Waals surface area (Å²) >= 11 is 9.69. The van der Waals surface area contributed by atoms with Gasteiger partial charge in [0.25, 0.3) is 10.3 Å². The first-order valence-corrected chi connectivity index (χ1v) is 8.34. The monoisotopic (exact) mass is 385 g/mol. The third kappa shape index (κ3) is 3.59. The van der Waals surface area contributed by atoms with Gasteiger partial charge in [0.05, 0.1) is 31.0 Å². The molecule has 134 valence electrons. The number of nitrogens with zero attached hydrogens (tertiary/aromatic N) is 3. The van der Waals surface area contributed by atoms with Crippen molar-refractivity contribution >= 4 is 52.3 Å². The third-order valence-corrected chi connectivity index (χ3v) is 4.62. The molecule has 0 spiro atoms. The Balaban J connectivity index is 1.74. The number of rotatable bonds is 4. The summed E-state index contributed by atoms with van der Waals surface area (Å²) in [6.45, 7) is 1.38. The van der Waals surface area contributed by atoms with Crippen LogP contribution in [-0.2, 0) is 9.47 Å². The van der Waals surface area contributed by atoms with Gasteiger partial charge in [-0.15, -0.1) is 0 Å². The van der Waals surface area contributed by atoms with Crippen molar-refractivity contribution in [2.24, 2.45) is 0 Å². The van der Waals surface area contributed by atoms with Crippen molar-refractivity contribution in [3.05, 3.63) is 24.0 Å². The standard InChI is InChI=1S/C15H16FN3O4S2/c1-17(14(21)24)7-10-8-19(13(20)23-10)9-2-3-12(11(16)6-9)18-4-5-22-15(18)25/h2-3,6,10H,4-5,7-8H2,1H3,(H,21,24)/t10-/m1/s1. The van der Waals surface area contributed by atoms with Crippen LogP contribution in [0.25, 0.3) is 0 Å². The number of amides is 1. The van der Waals surface area contributed by atoms with Gasteiger partial charge in [-0.25, -0.2) is 9.18 Å². The highest BCUT2D eigenvalue weighted by Crippen LogP contribution is 2.29. The Morgan fingerprint density at radius 3 is 2.84 bits per heavy atom. The molecule has 0 aromatic heterocycles. The van der Waals surface area contributed by atoms with Crippen molar-refractivity contribution in [1.29, 1.82) is 0 Å². The van der Waals surface area contributed by atoms with Gasteiger partial charge in [0, 0.05) is 7.05 Å². The van der Waals surface area contributed by atoms with Crippen LogP contribution in [0.2, 0.25) is 0 Å². The molecule has 2 heterocycles. The number of ether oxygens (including phenoxy) is 2. The Labute approximate surface area is 154 Å². The Bertz CT molecular complexity index is 733. The molecule has 0 aliphatic carbocycles. The van der Waals surface area contributed by atoms with E-state index in [1.807, 2.05) is 0 Å². The van der Waals surface area contributed by atoms with Crippen LogP contribution >= 0.6 is 24.4 Å². The maximum absolute atomic E-state index is 14.5. The van der Waals surface area contributed by atoms with Gasteiger partial charge >= 0.3 is 6.09 Å². The van der Waals surface area contributed by atoms with Crippen molar-refractivity contribution in [1.82, 2.24) is 4.90 Å². The van der Waals surface area contributed by atoms with E-state index in [0.29, 0.717) is 24.5 Å². The Kier molecular flexibility index (Phi) is 4.91. The van der Waals surface area contributed by atoms with Gasteiger partial charge in [0.2, 0.25) is 0 Å². The molecule has 0 unspecified atom stereocenters. The van der Waals surface area contributed by atoms with E-state index in [4.69, 9.17) is 21.7 Å². The number of aliphatic hydroxyl groups is 1. The highest BCUT2D eigenvalue weighted by Gasteiger charge is 2.34. The number of thiocarbonyl (C=S) groups is 2. The van der Waals surface area contributed by atoms with Gasteiger partial charge in [0.1, 0.15) is 18.5 Å². The second-order valence-corrected chi connectivity index (χ2v) is 6.40. The molecule has 0 radical (unpaired) electrons. The lowest BCUT2D eigenvalue weighted by molar-refractivity contribution is 0.127. The zero-order chi connectivity index (χ0) is 18.1. The average Bonchev–Trinajstić information content (AvgIpc) is 3.13. The summed E-state index contributed by atoms with van der Waals surface area (Å²) in [6.07, 6.45) is -1.06. The second kappa shape index (κ2) is 6.96. The molecule has 3 rings (SSSR count). The molecule has 25 heavy (non-hydrogen) atoms. The smallest absolute Gasteiger partial charge is 0.414 e. The molecule has 2 fully saturated rings. The summed E-state index contributed by atoms with van der Waals surface area (Å²) in [4.78, 5) is 16.4. The molecule has 7 nitrogen and oxygen atoms in total. The molecular weight excluding hydrogens is 369 g/mol. The zero-order valence-corrected chi connectivity index (χ0v) is 15.0. The largest absolute Gasteiger partial charge is 0.487 e. The molecule has 1 N–H and O–H groups in total. The van der Waals surface area contributed by atoms with Gasteiger partial charge in [-0.05, 0) is 42.6 Å². The number of benzene rings is 1. The molecular formula is C15H16FN3O4S2. The molecule has 1 amide bonds. The summed E-state index contributed by atoms with van der Waals surface area (Å²) in [5.74, 6) is -0.504. The van der Waals surface area contributed by atoms with E-state index in [0.717, 1.165) is 0 Å². The summed E-state index contributed by atoms with van der Waals surface area (Å²) in [5.41, 5.74) is 0.690. The maximum Gasteiger partial charge on any atom is 0.414 e. The Morgan fingerprint density at radius 1 is 1.48 bits per heavy atom. The van der Waals surface area contributed by atoms with Crippen LogP contribution in [0.15, 0.2) is 18.2 Å². The lowest BCUT2D eigenvalue weighted by Crippen LogP contribution is -2.35. The van der Waals surface area contributed by atoms with E-state index in [2.05, 4.69) is 12.2 Å². The normalized spacial score (nSPS) is 19.8. The summed E-state index contributed by atoms with van der Waals surface area (Å²) < 4.78 is 24.9. The van der Waals surface area contributed by atoms with Crippen LogP contribution in [0.5, 0.6) is 0 Å². The predicted octanol–water partition coefficient (Wildman–Crippen LogP) is 2.05.